The molecule has 0 aromatic carbocycles. The van der Waals surface area contributed by atoms with Gasteiger partial charge in [-0.05, 0) is 44.1 Å². The number of aliphatic hydroxyl groups excluding tert-OH is 5. The Morgan fingerprint density at radius 3 is 2.30 bits per heavy atom. The lowest BCUT2D eigenvalue weighted by Crippen LogP contribution is -2.49. The minimum absolute atomic E-state index is 0.00658. The Kier molecular flexibility index (Phi) is 27.6. The van der Waals surface area contributed by atoms with E-state index in [4.69, 9.17) is 33.7 Å². The Labute approximate surface area is 404 Å². The number of anilines is 1. The molecule has 9 N–H and O–H groups in total. The smallest absolute Gasteiger partial charge is 0.462 e. The third-order valence-corrected chi connectivity index (χ3v) is 14.5. The van der Waals surface area contributed by atoms with Crippen LogP contribution >= 0.6 is 15.6 Å². The molecule has 69 heavy (non-hydrogen) atoms. The zero-order valence-corrected chi connectivity index (χ0v) is 41.8. The van der Waals surface area contributed by atoms with Crippen LogP contribution < -0.4 is 11.4 Å². The molecule has 3 heterocycles. The first kappa shape index (κ1) is 60.4. The summed E-state index contributed by atoms with van der Waals surface area (Å²) in [4.78, 5) is 64.1. The second kappa shape index (κ2) is 31.5. The van der Waals surface area contributed by atoms with Crippen LogP contribution in [0.2, 0.25) is 0 Å². The summed E-state index contributed by atoms with van der Waals surface area (Å²) in [6.45, 7) is 3.60. The molecule has 3 rings (SSSR count). The number of phosphoric ester groups is 2. The van der Waals surface area contributed by atoms with Crippen LogP contribution in [0.5, 0.6) is 0 Å². The van der Waals surface area contributed by atoms with Crippen molar-refractivity contribution in [3.05, 3.63) is 47.1 Å². The molecule has 13 atom stereocenters. The van der Waals surface area contributed by atoms with Crippen molar-refractivity contribution in [3.63, 3.8) is 0 Å². The van der Waals surface area contributed by atoms with Gasteiger partial charge in [0.1, 0.15) is 43.1 Å². The number of ether oxygens (including phenoxy) is 4. The van der Waals surface area contributed by atoms with Crippen LogP contribution in [-0.4, -0.2) is 126 Å². The number of hydrogen-bond acceptors (Lipinski definition) is 19. The number of allylic oxidation sites excluding steroid dienone is 2. The number of fused-ring (bicyclic) bond motifs is 3. The lowest BCUT2D eigenvalue weighted by atomic mass is 9.92. The van der Waals surface area contributed by atoms with Crippen LogP contribution in [0.25, 0.3) is 0 Å². The number of carbonyl (C=O) groups excluding carboxylic acids is 2. The van der Waals surface area contributed by atoms with Crippen molar-refractivity contribution in [2.45, 2.75) is 192 Å². The number of carbonyl (C=O) groups is 2. The molecule has 0 radical (unpaired) electrons. The van der Waals surface area contributed by atoms with E-state index in [0.717, 1.165) is 62.1 Å². The fourth-order valence-electron chi connectivity index (χ4n) is 7.61. The Morgan fingerprint density at radius 2 is 1.61 bits per heavy atom. The van der Waals surface area contributed by atoms with Crippen molar-refractivity contribution in [2.24, 2.45) is 11.8 Å². The number of hydrogen-bond donors (Lipinski definition) is 8. The number of nitrogen functional groups attached to an aromatic ring is 1. The van der Waals surface area contributed by atoms with Crippen molar-refractivity contribution < 1.29 is 86.3 Å². The van der Waals surface area contributed by atoms with E-state index in [1.165, 1.54) is 24.6 Å². The van der Waals surface area contributed by atoms with Crippen molar-refractivity contribution in [3.8, 4) is 0 Å². The van der Waals surface area contributed by atoms with E-state index in [1.54, 1.807) is 12.2 Å². The lowest BCUT2D eigenvalue weighted by Gasteiger charge is -2.36. The fourth-order valence-corrected chi connectivity index (χ4v) is 9.72. The van der Waals surface area contributed by atoms with E-state index >= 15 is 0 Å². The Bertz CT molecular complexity index is 1890. The molecule has 24 heteroatoms. The van der Waals surface area contributed by atoms with Gasteiger partial charge in [0.05, 0.1) is 25.4 Å². The first-order chi connectivity index (χ1) is 32.7. The van der Waals surface area contributed by atoms with Crippen LogP contribution in [0.1, 0.15) is 143 Å². The molecule has 2 bridgehead atoms. The Balaban J connectivity index is 1.94. The number of unbranched alkanes of at least 4 members (excludes halogenated alkanes) is 7. The molecule has 0 aliphatic carbocycles. The highest BCUT2D eigenvalue weighted by Crippen LogP contribution is 2.60. The molecule has 1 saturated heterocycles. The first-order valence-corrected chi connectivity index (χ1v) is 27.1. The predicted octanol–water partition coefficient (Wildman–Crippen LogP) is 5.02. The van der Waals surface area contributed by atoms with Gasteiger partial charge in [-0.3, -0.25) is 23.2 Å². The second-order valence-corrected chi connectivity index (χ2v) is 20.8. The van der Waals surface area contributed by atoms with Crippen molar-refractivity contribution in [1.82, 2.24) is 9.55 Å². The van der Waals surface area contributed by atoms with Crippen LogP contribution in [-0.2, 0) is 51.0 Å². The van der Waals surface area contributed by atoms with E-state index in [1.807, 2.05) is 6.92 Å². The highest BCUT2D eigenvalue weighted by atomic mass is 31.3. The molecule has 0 spiro atoms. The van der Waals surface area contributed by atoms with Gasteiger partial charge in [-0.1, -0.05) is 109 Å². The van der Waals surface area contributed by atoms with Gasteiger partial charge in [0.25, 0.3) is 0 Å². The average molecular weight is 1030 g/mol. The number of rotatable bonds is 18. The molecule has 1 aromatic heterocycles. The summed E-state index contributed by atoms with van der Waals surface area (Å²) in [7, 11) is -11.3. The van der Waals surface area contributed by atoms with E-state index in [2.05, 4.69) is 23.1 Å². The van der Waals surface area contributed by atoms with Gasteiger partial charge in [0, 0.05) is 31.4 Å². The van der Waals surface area contributed by atoms with Gasteiger partial charge < -0.3 is 60.0 Å². The highest BCUT2D eigenvalue weighted by molar-refractivity contribution is 7.61. The predicted molar refractivity (Wildman–Crippen MR) is 251 cm³/mol. The lowest BCUT2D eigenvalue weighted by molar-refractivity contribution is -0.192. The second-order valence-electron chi connectivity index (χ2n) is 17.7. The van der Waals surface area contributed by atoms with Crippen LogP contribution in [0, 0.1) is 11.8 Å². The Hall–Kier alpha value is -2.92. The van der Waals surface area contributed by atoms with Crippen LogP contribution in [0.3, 0.4) is 0 Å². The summed E-state index contributed by atoms with van der Waals surface area (Å²) in [6.07, 6.45) is 1.48. The summed E-state index contributed by atoms with van der Waals surface area (Å²) in [6, 6.07) is 1.22. The molecule has 0 saturated carbocycles. The molecule has 4 unspecified atom stereocenters. The largest absolute Gasteiger partial charge is 0.481 e. The maximum atomic E-state index is 13.4. The van der Waals surface area contributed by atoms with Gasteiger partial charge in [0.15, 0.2) is 12.4 Å². The number of aromatic nitrogens is 2. The molecule has 1 fully saturated rings. The molecular weight excluding hydrogens is 948 g/mol. The summed E-state index contributed by atoms with van der Waals surface area (Å²) < 4.78 is 64.6. The van der Waals surface area contributed by atoms with E-state index in [-0.39, 0.29) is 37.9 Å². The van der Waals surface area contributed by atoms with Crippen LogP contribution in [0.4, 0.5) is 5.82 Å². The number of aliphatic hydroxyl groups is 5. The normalized spacial score (nSPS) is 31.8. The number of nitrogens with two attached hydrogens (primary N) is 1. The van der Waals surface area contributed by atoms with Gasteiger partial charge >= 0.3 is 33.3 Å². The van der Waals surface area contributed by atoms with Crippen LogP contribution in [0.15, 0.2) is 41.4 Å². The summed E-state index contributed by atoms with van der Waals surface area (Å²) in [5, 5.41) is 56.7. The van der Waals surface area contributed by atoms with Gasteiger partial charge in [-0.25, -0.2) is 13.9 Å². The van der Waals surface area contributed by atoms with Gasteiger partial charge in [-0.2, -0.15) is 9.29 Å². The monoisotopic (exact) mass is 1030 g/mol. The number of nitrogens with zero attached hydrogens (tertiary/aromatic N) is 2. The quantitative estimate of drug-likeness (QED) is 0.0414. The van der Waals surface area contributed by atoms with Crippen molar-refractivity contribution in [1.29, 1.82) is 0 Å². The zero-order chi connectivity index (χ0) is 51.0. The molecule has 22 nitrogen and oxygen atoms in total. The highest BCUT2D eigenvalue weighted by Gasteiger charge is 2.44. The minimum atomic E-state index is -5.73. The van der Waals surface area contributed by atoms with Gasteiger partial charge in [0.2, 0.25) is 0 Å². The molecule has 0 amide bonds. The maximum absolute atomic E-state index is 13.4. The maximum Gasteiger partial charge on any atom is 0.481 e. The van der Waals surface area contributed by atoms with E-state index in [0.29, 0.717) is 25.2 Å². The Morgan fingerprint density at radius 1 is 0.928 bits per heavy atom. The van der Waals surface area contributed by atoms with E-state index < -0.39 is 121 Å². The molecule has 2 aliphatic rings. The third kappa shape index (κ3) is 23.5. The number of cyclic esters (lactones) is 1. The van der Waals surface area contributed by atoms with E-state index in [9.17, 15) is 58.8 Å². The molecule has 2 aliphatic heterocycles. The molecule has 396 valence electrons. The average Bonchev–Trinajstić information content (AvgIpc) is 3.29. The molecule has 1 aromatic rings. The van der Waals surface area contributed by atoms with Crippen molar-refractivity contribution in [2.75, 3.05) is 25.6 Å². The summed E-state index contributed by atoms with van der Waals surface area (Å²) >= 11 is 0. The molecular formula is C45H77N3O19P2. The van der Waals surface area contributed by atoms with Gasteiger partial charge in [-0.15, -0.1) is 0 Å². The number of phosphoric acid groups is 2. The fraction of sp³-hybridized carbons (Fsp3) is 0.778. The standard InChI is InChI=1S/C45H77N3O19P2/c1-4-6-13-19-32(49)23-24-36-42(54)43(55)37-30-63-69(59,60)67-68(57,58)62-29-33(64-40(52)22-17-10-8-7-9-14-18-31(3)5-2)28-61-39(51)21-16-12-11-15-20-34(35(50)27-41(53)65-36)44(66-37)48-26-25-38(46)47-45(48)56/h11,15,23-26,31-37,41-44,49-50,53-55H,4-10,12-14,16-22,27-30H2,1-3H3,(H,57,58)(H,59,60)(H2,46,47,56)/t31?,32-,33+,34-,35-,36+,37+,41?,42-,43+,44+/m0/s1. The van der Waals surface area contributed by atoms with Crippen molar-refractivity contribution >= 4 is 33.4 Å². The SMILES string of the molecule is CCCCC[C@H](O)C=C[C@H]1OC(O)C[C@H](O)[C@@H]2CC=CCCCC(=O)OC[C@@H](OC(=O)CCCCCCCCC(C)CC)COP(=O)(O)OP(=O)(O)OC[C@@H](O[C@H]2n2ccc(N)nc2=O)[C@@H](O)[C@H]1O. The third-order valence-electron chi connectivity index (χ3n) is 11.9. The first-order valence-electron chi connectivity index (χ1n) is 24.1. The minimum Gasteiger partial charge on any atom is -0.462 e. The summed E-state index contributed by atoms with van der Waals surface area (Å²) in [5.41, 5.74) is 4.74. The topological polar surface area (TPSA) is 335 Å². The zero-order valence-electron chi connectivity index (χ0n) is 40.1. The number of esters is 2. The summed E-state index contributed by atoms with van der Waals surface area (Å²) in [5.74, 6) is -2.18.